The molecule has 1 aromatic carbocycles. The lowest BCUT2D eigenvalue weighted by molar-refractivity contribution is 0.274. The van der Waals surface area contributed by atoms with Crippen LogP contribution in [-0.4, -0.2) is 45.7 Å². The van der Waals surface area contributed by atoms with E-state index in [1.165, 1.54) is 0 Å². The predicted octanol–water partition coefficient (Wildman–Crippen LogP) is 3.30. The Hall–Kier alpha value is -3.19. The van der Waals surface area contributed by atoms with Gasteiger partial charge in [-0.15, -0.1) is 0 Å². The highest BCUT2D eigenvalue weighted by Gasteiger charge is 2.10. The molecule has 0 saturated carbocycles. The second-order valence-electron chi connectivity index (χ2n) is 6.47. The first-order valence-corrected chi connectivity index (χ1v) is 8.78. The maximum atomic E-state index is 5.46. The first-order valence-electron chi connectivity index (χ1n) is 8.78. The zero-order valence-electron chi connectivity index (χ0n) is 15.3. The van der Waals surface area contributed by atoms with E-state index in [2.05, 4.69) is 32.1 Å². The number of aromatic amines is 1. The van der Waals surface area contributed by atoms with E-state index in [1.807, 2.05) is 36.4 Å². The number of imidazole rings is 1. The van der Waals surface area contributed by atoms with Gasteiger partial charge in [-0.25, -0.2) is 4.98 Å². The molecule has 0 aliphatic carbocycles. The van der Waals surface area contributed by atoms with Gasteiger partial charge >= 0.3 is 0 Å². The number of hydrogen-bond donors (Lipinski definition) is 1. The van der Waals surface area contributed by atoms with Crippen LogP contribution < -0.4 is 4.74 Å². The van der Waals surface area contributed by atoms with E-state index < -0.39 is 0 Å². The number of fused-ring (bicyclic) bond motifs is 1. The number of benzene rings is 1. The first-order chi connectivity index (χ1) is 13.2. The summed E-state index contributed by atoms with van der Waals surface area (Å²) in [5, 5.41) is 4.13. The Morgan fingerprint density at radius 3 is 2.96 bits per heavy atom. The average Bonchev–Trinajstić information content (AvgIpc) is 3.33. The fourth-order valence-electron chi connectivity index (χ4n) is 2.97. The first kappa shape index (κ1) is 17.2. The van der Waals surface area contributed by atoms with Crippen molar-refractivity contribution >= 4 is 11.0 Å². The summed E-state index contributed by atoms with van der Waals surface area (Å²) in [7, 11) is 3.72. The molecule has 4 rings (SSSR count). The molecule has 0 spiro atoms. The molecule has 0 unspecified atom stereocenters. The minimum atomic E-state index is 0.682. The number of pyridine rings is 1. The van der Waals surface area contributed by atoms with Crippen LogP contribution in [0.2, 0.25) is 0 Å². The fourth-order valence-corrected chi connectivity index (χ4v) is 2.97. The molecule has 0 fully saturated rings. The van der Waals surface area contributed by atoms with Crippen molar-refractivity contribution in [1.82, 2.24) is 25.0 Å². The van der Waals surface area contributed by atoms with E-state index in [4.69, 9.17) is 9.26 Å². The van der Waals surface area contributed by atoms with Gasteiger partial charge in [0.05, 0.1) is 24.7 Å². The van der Waals surface area contributed by atoms with E-state index in [0.29, 0.717) is 6.54 Å². The van der Waals surface area contributed by atoms with Crippen molar-refractivity contribution in [3.63, 3.8) is 0 Å². The monoisotopic (exact) mass is 363 g/mol. The summed E-state index contributed by atoms with van der Waals surface area (Å²) in [5.41, 5.74) is 3.69. The van der Waals surface area contributed by atoms with Gasteiger partial charge in [-0.1, -0.05) is 5.16 Å². The molecule has 7 heteroatoms. The maximum Gasteiger partial charge on any atom is 0.151 e. The summed E-state index contributed by atoms with van der Waals surface area (Å²) >= 11 is 0. The molecule has 3 aromatic heterocycles. The largest absolute Gasteiger partial charge is 0.497 e. The molecule has 7 nitrogen and oxygen atoms in total. The number of nitrogens with zero attached hydrogens (tertiary/aromatic N) is 4. The maximum absolute atomic E-state index is 5.46. The number of H-pyrrole nitrogens is 1. The number of ether oxygens (including phenoxy) is 1. The molecule has 138 valence electrons. The Labute approximate surface area is 157 Å². The summed E-state index contributed by atoms with van der Waals surface area (Å²) in [6.07, 6.45) is 4.34. The number of nitrogens with one attached hydrogen (secondary N) is 1. The van der Waals surface area contributed by atoms with Crippen molar-refractivity contribution in [3.8, 4) is 17.0 Å². The van der Waals surface area contributed by atoms with Crippen molar-refractivity contribution in [2.24, 2.45) is 0 Å². The van der Waals surface area contributed by atoms with Crippen molar-refractivity contribution < 1.29 is 9.26 Å². The Morgan fingerprint density at radius 2 is 2.15 bits per heavy atom. The van der Waals surface area contributed by atoms with Crippen LogP contribution in [0.25, 0.3) is 22.3 Å². The predicted molar refractivity (Wildman–Crippen MR) is 102 cm³/mol. The van der Waals surface area contributed by atoms with Crippen LogP contribution in [0.15, 0.2) is 53.3 Å². The summed E-state index contributed by atoms with van der Waals surface area (Å²) < 4.78 is 10.7. The quantitative estimate of drug-likeness (QED) is 0.543. The van der Waals surface area contributed by atoms with Gasteiger partial charge < -0.3 is 14.2 Å². The zero-order chi connectivity index (χ0) is 18.6. The van der Waals surface area contributed by atoms with Gasteiger partial charge in [0.15, 0.2) is 5.76 Å². The third-order valence-corrected chi connectivity index (χ3v) is 4.41. The molecule has 0 radical (unpaired) electrons. The van der Waals surface area contributed by atoms with E-state index in [9.17, 15) is 0 Å². The molecular weight excluding hydrogens is 342 g/mol. The summed E-state index contributed by atoms with van der Waals surface area (Å²) in [5.74, 6) is 2.61. The third-order valence-electron chi connectivity index (χ3n) is 4.41. The second kappa shape index (κ2) is 7.59. The SMILES string of the molecule is COc1ccc2nc(CCN(C)Cc3cc(-c4cccnc4)no3)[nH]c2c1. The second-order valence-corrected chi connectivity index (χ2v) is 6.47. The number of aromatic nitrogens is 4. The molecule has 4 aromatic rings. The van der Waals surface area contributed by atoms with Crippen LogP contribution in [0, 0.1) is 0 Å². The Bertz CT molecular complexity index is 1030. The van der Waals surface area contributed by atoms with Crippen molar-refractivity contribution in [2.75, 3.05) is 20.7 Å². The topological polar surface area (TPSA) is 80.1 Å². The number of methoxy groups -OCH3 is 1. The Balaban J connectivity index is 1.36. The number of likely N-dealkylation sites (N-methyl/N-ethyl adjacent to an activating group) is 1. The van der Waals surface area contributed by atoms with E-state index >= 15 is 0 Å². The average molecular weight is 363 g/mol. The van der Waals surface area contributed by atoms with Crippen molar-refractivity contribution in [2.45, 2.75) is 13.0 Å². The lowest BCUT2D eigenvalue weighted by Gasteiger charge is -2.13. The molecule has 1 N–H and O–H groups in total. The summed E-state index contributed by atoms with van der Waals surface area (Å²) in [6, 6.07) is 11.7. The fraction of sp³-hybridized carbons (Fsp3) is 0.250. The molecule has 0 aliphatic rings. The van der Waals surface area contributed by atoms with Crippen molar-refractivity contribution in [1.29, 1.82) is 0 Å². The molecule has 0 aliphatic heterocycles. The highest BCUT2D eigenvalue weighted by molar-refractivity contribution is 5.76. The molecule has 0 saturated heterocycles. The minimum absolute atomic E-state index is 0.682. The molecule has 0 bridgehead atoms. The van der Waals surface area contributed by atoms with Crippen LogP contribution >= 0.6 is 0 Å². The Morgan fingerprint density at radius 1 is 1.22 bits per heavy atom. The van der Waals surface area contributed by atoms with Crippen LogP contribution in [0.3, 0.4) is 0 Å². The molecule has 0 amide bonds. The lowest BCUT2D eigenvalue weighted by Crippen LogP contribution is -2.20. The van der Waals surface area contributed by atoms with Crippen LogP contribution in [0.4, 0.5) is 0 Å². The molecule has 27 heavy (non-hydrogen) atoms. The Kier molecular flexibility index (Phi) is 4.84. The van der Waals surface area contributed by atoms with Gasteiger partial charge in [0, 0.05) is 43.1 Å². The van der Waals surface area contributed by atoms with Gasteiger partial charge in [-0.3, -0.25) is 9.88 Å². The van der Waals surface area contributed by atoms with Gasteiger partial charge in [-0.2, -0.15) is 0 Å². The van der Waals surface area contributed by atoms with Crippen LogP contribution in [0.5, 0.6) is 5.75 Å². The van der Waals surface area contributed by atoms with E-state index in [0.717, 1.165) is 52.6 Å². The van der Waals surface area contributed by atoms with Crippen molar-refractivity contribution in [3.05, 3.63) is 60.4 Å². The smallest absolute Gasteiger partial charge is 0.151 e. The third kappa shape index (κ3) is 3.98. The molecule has 0 atom stereocenters. The van der Waals surface area contributed by atoms with Gasteiger partial charge in [-0.05, 0) is 31.3 Å². The standard InChI is InChI=1S/C20H21N5O2/c1-25(13-16-11-18(24-27-16)14-4-3-8-21-12-14)9-7-20-22-17-6-5-15(26-2)10-19(17)23-20/h3-6,8,10-12H,7,9,13H2,1-2H3,(H,22,23). The molecular formula is C20H21N5O2. The van der Waals surface area contributed by atoms with Crippen LogP contribution in [0.1, 0.15) is 11.6 Å². The molecule has 3 heterocycles. The normalized spacial score (nSPS) is 11.4. The lowest BCUT2D eigenvalue weighted by atomic mass is 10.2. The number of rotatable bonds is 7. The summed E-state index contributed by atoms with van der Waals surface area (Å²) in [6.45, 7) is 1.53. The van der Waals surface area contributed by atoms with Gasteiger partial charge in [0.25, 0.3) is 0 Å². The van der Waals surface area contributed by atoms with E-state index in [1.54, 1.807) is 19.5 Å². The highest BCUT2D eigenvalue weighted by atomic mass is 16.5. The highest BCUT2D eigenvalue weighted by Crippen LogP contribution is 2.20. The number of hydrogen-bond acceptors (Lipinski definition) is 6. The van der Waals surface area contributed by atoms with Gasteiger partial charge in [0.2, 0.25) is 0 Å². The minimum Gasteiger partial charge on any atom is -0.497 e. The van der Waals surface area contributed by atoms with Gasteiger partial charge in [0.1, 0.15) is 17.3 Å². The van der Waals surface area contributed by atoms with E-state index in [-0.39, 0.29) is 0 Å². The summed E-state index contributed by atoms with van der Waals surface area (Å²) in [4.78, 5) is 14.3. The van der Waals surface area contributed by atoms with Crippen LogP contribution in [-0.2, 0) is 13.0 Å². The zero-order valence-corrected chi connectivity index (χ0v) is 15.3.